The molecule has 5 N–H and O–H groups in total. The van der Waals surface area contributed by atoms with Gasteiger partial charge in [0.05, 0.1) is 27.4 Å². The molecule has 0 fully saturated rings. The van der Waals surface area contributed by atoms with Gasteiger partial charge in [0.1, 0.15) is 18.4 Å². The Balaban J connectivity index is 0.000000477. The van der Waals surface area contributed by atoms with Gasteiger partial charge in [-0.15, -0.1) is 0 Å². The van der Waals surface area contributed by atoms with Crippen LogP contribution in [0.4, 0.5) is 0 Å². The summed E-state index contributed by atoms with van der Waals surface area (Å²) >= 11 is 0. The van der Waals surface area contributed by atoms with Crippen LogP contribution in [0.3, 0.4) is 0 Å². The molecule has 0 saturated heterocycles. The molecule has 2 aromatic rings. The first-order valence-electron chi connectivity index (χ1n) is 9.33. The Morgan fingerprint density at radius 2 is 1.45 bits per heavy atom. The minimum Gasteiger partial charge on any atom is -0.468 e. The molecule has 9 nitrogen and oxygen atoms in total. The average molecular weight is 434 g/mol. The van der Waals surface area contributed by atoms with Crippen molar-refractivity contribution in [3.63, 3.8) is 0 Å². The SMILES string of the molecule is COC(=O)[C@@H](CO)NCc1ccccc1.COC(=O)[C@H](N)CO.O=Cc1ccccc1. The highest BCUT2D eigenvalue weighted by Crippen LogP contribution is 1.98. The lowest BCUT2D eigenvalue weighted by Gasteiger charge is -2.13. The van der Waals surface area contributed by atoms with Crippen LogP contribution in [0.15, 0.2) is 60.7 Å². The first-order chi connectivity index (χ1) is 14.9. The molecule has 2 rings (SSSR count). The van der Waals surface area contributed by atoms with Crippen LogP contribution >= 0.6 is 0 Å². The molecule has 9 heteroatoms. The van der Waals surface area contributed by atoms with E-state index in [4.69, 9.17) is 15.9 Å². The van der Waals surface area contributed by atoms with Crippen molar-refractivity contribution >= 4 is 18.2 Å². The molecule has 0 aliphatic heterocycles. The quantitative estimate of drug-likeness (QED) is 0.340. The van der Waals surface area contributed by atoms with E-state index in [0.717, 1.165) is 17.4 Å². The number of esters is 2. The van der Waals surface area contributed by atoms with Crippen molar-refractivity contribution in [1.82, 2.24) is 5.32 Å². The molecule has 0 bridgehead atoms. The molecule has 170 valence electrons. The highest BCUT2D eigenvalue weighted by Gasteiger charge is 2.16. The van der Waals surface area contributed by atoms with Crippen LogP contribution < -0.4 is 11.1 Å². The summed E-state index contributed by atoms with van der Waals surface area (Å²) in [7, 11) is 2.52. The fourth-order valence-electron chi connectivity index (χ4n) is 1.96. The van der Waals surface area contributed by atoms with Crippen LogP contribution in [0.2, 0.25) is 0 Å². The van der Waals surface area contributed by atoms with Gasteiger partial charge < -0.3 is 25.4 Å². The van der Waals surface area contributed by atoms with Crippen molar-refractivity contribution in [2.45, 2.75) is 18.6 Å². The van der Waals surface area contributed by atoms with Gasteiger partial charge in [0.2, 0.25) is 0 Å². The third-order valence-electron chi connectivity index (χ3n) is 3.70. The normalized spacial score (nSPS) is 11.4. The molecule has 0 amide bonds. The summed E-state index contributed by atoms with van der Waals surface area (Å²) in [5, 5.41) is 20.1. The molecule has 0 aromatic heterocycles. The maximum atomic E-state index is 11.1. The Morgan fingerprint density at radius 1 is 0.935 bits per heavy atom. The highest BCUT2D eigenvalue weighted by atomic mass is 16.5. The molecule has 0 unspecified atom stereocenters. The van der Waals surface area contributed by atoms with Crippen molar-refractivity contribution < 1.29 is 34.1 Å². The zero-order chi connectivity index (χ0) is 23.5. The van der Waals surface area contributed by atoms with Crippen LogP contribution in [0.25, 0.3) is 0 Å². The summed E-state index contributed by atoms with van der Waals surface area (Å²) in [6.07, 6.45) is 0.833. The van der Waals surface area contributed by atoms with Gasteiger partial charge in [-0.2, -0.15) is 0 Å². The second kappa shape index (κ2) is 17.7. The van der Waals surface area contributed by atoms with Gasteiger partial charge in [-0.25, -0.2) is 0 Å². The number of aliphatic hydroxyl groups excluding tert-OH is 2. The van der Waals surface area contributed by atoms with Gasteiger partial charge in [-0.3, -0.25) is 19.7 Å². The average Bonchev–Trinajstić information content (AvgIpc) is 2.85. The van der Waals surface area contributed by atoms with E-state index in [9.17, 15) is 14.4 Å². The first-order valence-corrected chi connectivity index (χ1v) is 9.33. The van der Waals surface area contributed by atoms with E-state index >= 15 is 0 Å². The van der Waals surface area contributed by atoms with Crippen LogP contribution in [-0.4, -0.2) is 68.0 Å². The Bertz CT molecular complexity index is 742. The maximum absolute atomic E-state index is 11.1. The van der Waals surface area contributed by atoms with E-state index in [2.05, 4.69) is 14.8 Å². The molecule has 0 aliphatic carbocycles. The number of aldehydes is 1. The highest BCUT2D eigenvalue weighted by molar-refractivity contribution is 5.76. The number of rotatable bonds is 8. The lowest BCUT2D eigenvalue weighted by atomic mass is 10.2. The molecule has 0 aliphatic rings. The summed E-state index contributed by atoms with van der Waals surface area (Å²) in [6.45, 7) is -0.104. The number of methoxy groups -OCH3 is 2. The zero-order valence-electron chi connectivity index (χ0n) is 17.6. The summed E-state index contributed by atoms with van der Waals surface area (Å²) in [5.74, 6) is -1.04. The standard InChI is InChI=1S/C11H15NO3.C7H6O.C4H9NO3/c1-15-11(14)10(8-13)12-7-9-5-3-2-4-6-9;8-6-7-4-2-1-3-5-7;1-8-4(7)3(5)2-6/h2-6,10,12-13H,7-8H2,1H3;1-6H;3,6H,2,5H2,1H3/t10-;;3-/m1.1/s1. The number of ether oxygens (including phenoxy) is 2. The molecule has 0 saturated carbocycles. The zero-order valence-corrected chi connectivity index (χ0v) is 17.6. The number of benzene rings is 2. The van der Waals surface area contributed by atoms with Gasteiger partial charge in [-0.05, 0) is 5.56 Å². The second-order valence-electron chi connectivity index (χ2n) is 5.97. The van der Waals surface area contributed by atoms with Gasteiger partial charge in [-0.1, -0.05) is 60.7 Å². The molecule has 2 atom stereocenters. The van der Waals surface area contributed by atoms with Crippen molar-refractivity contribution in [1.29, 1.82) is 0 Å². The number of nitrogens with two attached hydrogens (primary N) is 1. The Kier molecular flexibility index (Phi) is 15.9. The third kappa shape index (κ3) is 12.9. The van der Waals surface area contributed by atoms with Crippen molar-refractivity contribution in [2.75, 3.05) is 27.4 Å². The smallest absolute Gasteiger partial charge is 0.325 e. The van der Waals surface area contributed by atoms with E-state index in [1.165, 1.54) is 14.2 Å². The summed E-state index contributed by atoms with van der Waals surface area (Å²) in [6, 6.07) is 17.2. The minimum absolute atomic E-state index is 0.264. The molecule has 0 heterocycles. The van der Waals surface area contributed by atoms with Crippen molar-refractivity contribution in [3.05, 3.63) is 71.8 Å². The van der Waals surface area contributed by atoms with Gasteiger partial charge >= 0.3 is 11.9 Å². The number of aliphatic hydroxyl groups is 2. The molecular weight excluding hydrogens is 404 g/mol. The van der Waals surface area contributed by atoms with Gasteiger partial charge in [0.15, 0.2) is 0 Å². The molecule has 2 aromatic carbocycles. The summed E-state index contributed by atoms with van der Waals surface area (Å²) in [4.78, 5) is 31.4. The van der Waals surface area contributed by atoms with Gasteiger partial charge in [0, 0.05) is 12.1 Å². The number of hydrogen-bond acceptors (Lipinski definition) is 9. The summed E-state index contributed by atoms with van der Waals surface area (Å²) < 4.78 is 8.71. The maximum Gasteiger partial charge on any atom is 0.325 e. The van der Waals surface area contributed by atoms with Crippen LogP contribution in [-0.2, 0) is 25.6 Å². The Morgan fingerprint density at radius 3 is 1.81 bits per heavy atom. The number of carbonyl (C=O) groups is 3. The van der Waals surface area contributed by atoms with E-state index in [1.807, 2.05) is 48.5 Å². The van der Waals surface area contributed by atoms with Crippen molar-refractivity contribution in [3.8, 4) is 0 Å². The largest absolute Gasteiger partial charge is 0.468 e. The van der Waals surface area contributed by atoms with Crippen LogP contribution in [0.5, 0.6) is 0 Å². The number of nitrogens with one attached hydrogen (secondary N) is 1. The Hall–Kier alpha value is -3.11. The van der Waals surface area contributed by atoms with Gasteiger partial charge in [0.25, 0.3) is 0 Å². The fourth-order valence-corrected chi connectivity index (χ4v) is 1.96. The number of hydrogen-bond donors (Lipinski definition) is 4. The molecule has 0 radical (unpaired) electrons. The van der Waals surface area contributed by atoms with Crippen molar-refractivity contribution in [2.24, 2.45) is 5.73 Å². The van der Waals surface area contributed by atoms with E-state index < -0.39 is 24.0 Å². The predicted octanol–water partition coefficient (Wildman–Crippen LogP) is 0.288. The van der Waals surface area contributed by atoms with E-state index in [0.29, 0.717) is 6.54 Å². The number of carbonyl (C=O) groups excluding carboxylic acids is 3. The third-order valence-corrected chi connectivity index (χ3v) is 3.70. The van der Waals surface area contributed by atoms with E-state index in [1.54, 1.807) is 12.1 Å². The molecule has 31 heavy (non-hydrogen) atoms. The monoisotopic (exact) mass is 434 g/mol. The van der Waals surface area contributed by atoms with E-state index in [-0.39, 0.29) is 13.2 Å². The fraction of sp³-hybridized carbons (Fsp3) is 0.318. The first kappa shape index (κ1) is 27.9. The van der Waals surface area contributed by atoms with Crippen LogP contribution in [0, 0.1) is 0 Å². The lowest BCUT2D eigenvalue weighted by molar-refractivity contribution is -0.144. The molecular formula is C22H30N2O7. The topological polar surface area (TPSA) is 148 Å². The molecule has 0 spiro atoms. The second-order valence-corrected chi connectivity index (χ2v) is 5.97. The predicted molar refractivity (Wildman–Crippen MR) is 115 cm³/mol. The summed E-state index contributed by atoms with van der Waals surface area (Å²) in [5.41, 5.74) is 6.79. The minimum atomic E-state index is -0.889. The Labute approximate surface area is 181 Å². The van der Waals surface area contributed by atoms with Crippen LogP contribution in [0.1, 0.15) is 15.9 Å². The lowest BCUT2D eigenvalue weighted by Crippen LogP contribution is -2.40.